The van der Waals surface area contributed by atoms with Crippen molar-refractivity contribution in [2.45, 2.75) is 25.9 Å². The molecule has 2 heterocycles. The Morgan fingerprint density at radius 1 is 0.500 bits per heavy atom. The highest BCUT2D eigenvalue weighted by atomic mass is 35.7. The molecule has 2 rings (SSSR count). The van der Waals surface area contributed by atoms with Gasteiger partial charge in [-0.25, -0.2) is 83.7 Å². The van der Waals surface area contributed by atoms with Gasteiger partial charge in [0.15, 0.2) is 37.9 Å². The molecule has 6 N–H and O–H groups in total. The molecule has 42 heavy (non-hydrogen) atoms. The van der Waals surface area contributed by atoms with Crippen molar-refractivity contribution >= 4 is 12.2 Å². The molecule has 0 aliphatic heterocycles. The second-order valence-corrected chi connectivity index (χ2v) is 10.0. The average Bonchev–Trinajstić information content (AvgIpc) is 2.76. The van der Waals surface area contributed by atoms with Crippen LogP contribution in [0.3, 0.4) is 0 Å². The maximum atomic E-state index is 8.49. The van der Waals surface area contributed by atoms with Crippen LogP contribution in [0.1, 0.15) is 24.0 Å². The van der Waals surface area contributed by atoms with Gasteiger partial charge in [0.1, 0.15) is 0 Å². The van der Waals surface area contributed by atoms with Gasteiger partial charge in [-0.15, -0.1) is 41.0 Å². The van der Waals surface area contributed by atoms with Crippen LogP contribution in [0.4, 0.5) is 0 Å². The lowest BCUT2D eigenvalue weighted by molar-refractivity contribution is -2.00. The number of aryl methyl sites for hydroxylation is 2. The molecule has 244 valence electrons. The average molecular weight is 698 g/mol. The van der Waals surface area contributed by atoms with E-state index in [1.807, 2.05) is 0 Å². The third-order valence-electron chi connectivity index (χ3n) is 3.56. The van der Waals surface area contributed by atoms with Gasteiger partial charge in [0, 0.05) is 23.3 Å². The number of hydrogen-bond acceptors (Lipinski definition) is 16. The second kappa shape index (κ2) is 22.9. The van der Waals surface area contributed by atoms with Crippen LogP contribution in [-0.2, 0) is 13.1 Å². The second-order valence-electron chi connectivity index (χ2n) is 7.01. The Hall–Kier alpha value is -1.52. The van der Waals surface area contributed by atoms with Crippen molar-refractivity contribution in [2.24, 2.45) is 0 Å². The number of quaternary nitrogens is 2. The smallest absolute Gasteiger partial charge is 0.176 e. The fourth-order valence-electron chi connectivity index (χ4n) is 2.34. The van der Waals surface area contributed by atoms with Gasteiger partial charge in [-0.2, -0.15) is 0 Å². The van der Waals surface area contributed by atoms with Gasteiger partial charge in [0.25, 0.3) is 0 Å². The van der Waals surface area contributed by atoms with Gasteiger partial charge >= 0.3 is 0 Å². The summed E-state index contributed by atoms with van der Waals surface area (Å²) in [5.74, 6) is 0. The summed E-state index contributed by atoms with van der Waals surface area (Å²) < 4.78 is 140. The van der Waals surface area contributed by atoms with Crippen LogP contribution in [0.25, 0.3) is 12.2 Å². The minimum atomic E-state index is -4.94. The number of pyridine rings is 2. The molecule has 0 unspecified atom stereocenters. The first-order chi connectivity index (χ1) is 18.8. The molecule has 0 fully saturated rings. The molecule has 0 aliphatic carbocycles. The third-order valence-corrected chi connectivity index (χ3v) is 3.56. The fourth-order valence-corrected chi connectivity index (χ4v) is 2.34. The van der Waals surface area contributed by atoms with Gasteiger partial charge in [-0.1, -0.05) is 0 Å². The summed E-state index contributed by atoms with van der Waals surface area (Å²) in [4.78, 5) is 0. The zero-order valence-corrected chi connectivity index (χ0v) is 24.4. The summed E-state index contributed by atoms with van der Waals surface area (Å²) in [6.45, 7) is 4.01. The monoisotopic (exact) mass is 696 g/mol. The van der Waals surface area contributed by atoms with E-state index in [2.05, 4.69) is 81.8 Å². The normalized spacial score (nSPS) is 11.6. The van der Waals surface area contributed by atoms with Crippen molar-refractivity contribution in [1.29, 1.82) is 0 Å². The molecule has 0 bridgehead atoms. The molecule has 0 radical (unpaired) electrons. The Morgan fingerprint density at radius 2 is 0.738 bits per heavy atom. The van der Waals surface area contributed by atoms with Crippen molar-refractivity contribution in [3.63, 3.8) is 0 Å². The van der Waals surface area contributed by atoms with Crippen molar-refractivity contribution < 1.29 is 136 Å². The highest BCUT2D eigenvalue weighted by molar-refractivity contribution is 5.68. The lowest BCUT2D eigenvalue weighted by atomic mass is 10.2. The number of halogens is 4. The molecule has 2 aromatic rings. The van der Waals surface area contributed by atoms with Crippen molar-refractivity contribution in [3.05, 3.63) is 60.2 Å². The lowest BCUT2D eigenvalue weighted by Crippen LogP contribution is -2.68. The Kier molecular flexibility index (Phi) is 24.5. The quantitative estimate of drug-likeness (QED) is 0.242. The molecule has 0 atom stereocenters. The van der Waals surface area contributed by atoms with Crippen LogP contribution in [-0.4, -0.2) is 13.1 Å². The van der Waals surface area contributed by atoms with E-state index in [0.717, 1.165) is 39.0 Å². The van der Waals surface area contributed by atoms with Gasteiger partial charge in [-0.05, 0) is 24.3 Å². The number of rotatable bonds is 8. The molecular weight excluding hydrogens is 670 g/mol. The summed E-state index contributed by atoms with van der Waals surface area (Å²) in [5, 5.41) is 0. The van der Waals surface area contributed by atoms with Crippen LogP contribution >= 0.6 is 0 Å². The molecule has 0 amide bonds. The highest BCUT2D eigenvalue weighted by Gasteiger charge is 2.02. The van der Waals surface area contributed by atoms with E-state index in [-0.39, 0.29) is 0 Å². The zero-order chi connectivity index (χ0) is 33.6. The van der Waals surface area contributed by atoms with Crippen molar-refractivity contribution in [1.82, 2.24) is 0 Å². The SMILES string of the molecule is [NH3+]CCC[n+]1cccc(/C=C/c2ccc[n+](CCC[NH3+])c2)c1.[O-][Cl+3]([O-])([O-])[O-].[O-][Cl+3]([O-])([O-])[O-].[O-][Cl+3]([O-])([O-])[O-].[O-][Cl+3]([O-])([O-])[O-]. The Morgan fingerprint density at radius 3 is 0.952 bits per heavy atom. The summed E-state index contributed by atoms with van der Waals surface area (Å²) in [6, 6.07) is 8.47. The van der Waals surface area contributed by atoms with E-state index in [4.69, 9.17) is 74.5 Å². The van der Waals surface area contributed by atoms with E-state index in [1.54, 1.807) is 0 Å². The van der Waals surface area contributed by atoms with Gasteiger partial charge in [0.05, 0.1) is 25.9 Å². The molecule has 0 spiro atoms. The summed E-state index contributed by atoms with van der Waals surface area (Å²) in [6.07, 6.45) is 15.2. The Balaban J connectivity index is -0.000000617. The molecule has 24 heteroatoms. The summed E-state index contributed by atoms with van der Waals surface area (Å²) in [7, 11) is -19.8. The molecule has 0 saturated carbocycles. The first kappa shape index (κ1) is 44.9. The van der Waals surface area contributed by atoms with Crippen LogP contribution in [0.5, 0.6) is 0 Å². The molecule has 0 saturated heterocycles. The number of nitrogens with zero attached hydrogens (tertiary/aromatic N) is 2. The summed E-state index contributed by atoms with van der Waals surface area (Å²) in [5.41, 5.74) is 10.2. The number of aromatic nitrogens is 2. The van der Waals surface area contributed by atoms with Crippen LogP contribution in [0.2, 0.25) is 0 Å². The zero-order valence-electron chi connectivity index (χ0n) is 21.4. The number of hydrogen-bond donors (Lipinski definition) is 2. The molecule has 20 nitrogen and oxygen atoms in total. The fraction of sp³-hybridized carbons (Fsp3) is 0.333. The molecule has 0 aromatic carbocycles. The van der Waals surface area contributed by atoms with E-state index >= 15 is 0 Å². The molecule has 0 aliphatic rings. The van der Waals surface area contributed by atoms with E-state index in [9.17, 15) is 0 Å². The Bertz CT molecular complexity index is 860. The maximum absolute atomic E-state index is 8.49. The summed E-state index contributed by atoms with van der Waals surface area (Å²) >= 11 is 0. The van der Waals surface area contributed by atoms with Gasteiger partial charge in [0.2, 0.25) is 0 Å². The van der Waals surface area contributed by atoms with Crippen molar-refractivity contribution in [2.75, 3.05) is 13.1 Å². The first-order valence-corrected chi connectivity index (χ1v) is 15.5. The minimum absolute atomic E-state index is 0.977. The largest absolute Gasteiger partial charge is 0.357 e. The van der Waals surface area contributed by atoms with Crippen molar-refractivity contribution in [3.8, 4) is 0 Å². The van der Waals surface area contributed by atoms with E-state index in [0.29, 0.717) is 0 Å². The van der Waals surface area contributed by atoms with Gasteiger partial charge < -0.3 is 11.5 Å². The minimum Gasteiger partial charge on any atom is -0.357 e. The predicted molar refractivity (Wildman–Crippen MR) is 86.9 cm³/mol. The topological polar surface area (TPSA) is 432 Å². The van der Waals surface area contributed by atoms with Crippen LogP contribution in [0.15, 0.2) is 49.1 Å². The molecular formula is C18H28Cl4N4O16. The lowest BCUT2D eigenvalue weighted by Gasteiger charge is -2.17. The standard InChI is InChI=1S/C18H26N4.4ClHO4/c19-9-3-13-21-11-1-5-17(15-21)7-8-18-6-2-12-22(16-18)14-4-10-20;4*2-1(3,4)5/h1-2,5-8,11-12,15-16H,3-4,9-10,13-14,19-20H2;4*(H,2,3,4,5)/q+2;;;;/p-2/b8-7+;;;;. The van der Waals surface area contributed by atoms with E-state index < -0.39 is 41.0 Å². The third kappa shape index (κ3) is 54.5. The first-order valence-electron chi connectivity index (χ1n) is 10.5. The highest BCUT2D eigenvalue weighted by Crippen LogP contribution is 2.04. The van der Waals surface area contributed by atoms with E-state index in [1.165, 1.54) is 11.1 Å². The van der Waals surface area contributed by atoms with Crippen LogP contribution < -0.4 is 95.1 Å². The predicted octanol–water partition coefficient (Wildman–Crippen LogP) is -19.3. The van der Waals surface area contributed by atoms with Gasteiger partial charge in [-0.3, -0.25) is 0 Å². The Labute approximate surface area is 247 Å². The molecule has 2 aromatic heterocycles. The maximum Gasteiger partial charge on any atom is 0.176 e. The van der Waals surface area contributed by atoms with Crippen LogP contribution in [0, 0.1) is 41.0 Å².